The van der Waals surface area contributed by atoms with Gasteiger partial charge in [-0.15, -0.1) is 11.3 Å². The molecule has 0 atom stereocenters. The lowest BCUT2D eigenvalue weighted by atomic mass is 10.1. The van der Waals surface area contributed by atoms with Crippen LogP contribution in [0.4, 0.5) is 5.69 Å². The summed E-state index contributed by atoms with van der Waals surface area (Å²) in [7, 11) is 0. The van der Waals surface area contributed by atoms with Crippen molar-refractivity contribution in [3.8, 4) is 10.6 Å². The minimum absolute atomic E-state index is 0.160. The molecule has 5 aromatic rings. The standard InChI is InChI=1S/C24H17N3O2S/c1-14-6-11-19-21(12-14)30-24(27-19)15-7-9-17(10-8-15)26-23(28)18-13-16-4-2-3-5-20(16)29-22(18)25/h2-13,25H,1H3,(H,26,28). The molecule has 1 amide bonds. The van der Waals surface area contributed by atoms with Gasteiger partial charge in [0.25, 0.3) is 5.91 Å². The number of hydrogen-bond acceptors (Lipinski definition) is 5. The van der Waals surface area contributed by atoms with Gasteiger partial charge in [-0.1, -0.05) is 24.3 Å². The van der Waals surface area contributed by atoms with Gasteiger partial charge in [0.2, 0.25) is 5.55 Å². The van der Waals surface area contributed by atoms with E-state index in [0.29, 0.717) is 11.3 Å². The third-order valence-corrected chi connectivity index (χ3v) is 5.92. The van der Waals surface area contributed by atoms with Crippen molar-refractivity contribution in [1.29, 1.82) is 5.41 Å². The van der Waals surface area contributed by atoms with Crippen molar-refractivity contribution in [2.45, 2.75) is 6.92 Å². The molecule has 0 saturated carbocycles. The summed E-state index contributed by atoms with van der Waals surface area (Å²) in [4.78, 5) is 17.4. The number of para-hydroxylation sites is 1. The van der Waals surface area contributed by atoms with E-state index in [0.717, 1.165) is 26.2 Å². The average Bonchev–Trinajstić information content (AvgIpc) is 3.17. The van der Waals surface area contributed by atoms with E-state index in [1.807, 2.05) is 48.5 Å². The number of benzene rings is 3. The Morgan fingerprint density at radius 3 is 2.67 bits per heavy atom. The van der Waals surface area contributed by atoms with E-state index in [9.17, 15) is 4.79 Å². The van der Waals surface area contributed by atoms with E-state index in [2.05, 4.69) is 24.4 Å². The predicted molar refractivity (Wildman–Crippen MR) is 120 cm³/mol. The summed E-state index contributed by atoms with van der Waals surface area (Å²) < 4.78 is 6.62. The van der Waals surface area contributed by atoms with Gasteiger partial charge >= 0.3 is 0 Å². The van der Waals surface area contributed by atoms with Crippen molar-refractivity contribution < 1.29 is 9.21 Å². The Labute approximate surface area is 176 Å². The number of nitrogens with zero attached hydrogens (tertiary/aromatic N) is 1. The first-order valence-electron chi connectivity index (χ1n) is 9.43. The van der Waals surface area contributed by atoms with Gasteiger partial charge in [0.15, 0.2) is 0 Å². The number of aryl methyl sites for hydroxylation is 1. The second kappa shape index (κ2) is 7.24. The molecule has 0 aliphatic carbocycles. The molecule has 5 rings (SSSR count). The summed E-state index contributed by atoms with van der Waals surface area (Å²) in [6.07, 6.45) is 0. The van der Waals surface area contributed by atoms with Gasteiger partial charge in [0.1, 0.15) is 16.2 Å². The number of nitrogens with one attached hydrogen (secondary N) is 2. The van der Waals surface area contributed by atoms with Crippen LogP contribution in [0.3, 0.4) is 0 Å². The van der Waals surface area contributed by atoms with Gasteiger partial charge in [-0.3, -0.25) is 10.2 Å². The highest BCUT2D eigenvalue weighted by Crippen LogP contribution is 2.31. The van der Waals surface area contributed by atoms with Crippen LogP contribution in [-0.4, -0.2) is 10.9 Å². The van der Waals surface area contributed by atoms with Crippen LogP contribution in [0.5, 0.6) is 0 Å². The highest BCUT2D eigenvalue weighted by molar-refractivity contribution is 7.21. The highest BCUT2D eigenvalue weighted by atomic mass is 32.1. The lowest BCUT2D eigenvalue weighted by molar-refractivity contribution is 0.102. The quantitative estimate of drug-likeness (QED) is 0.397. The molecule has 0 unspecified atom stereocenters. The van der Waals surface area contributed by atoms with Gasteiger partial charge in [-0.2, -0.15) is 0 Å². The summed E-state index contributed by atoms with van der Waals surface area (Å²) >= 11 is 1.65. The normalized spacial score (nSPS) is 11.1. The van der Waals surface area contributed by atoms with E-state index in [-0.39, 0.29) is 17.0 Å². The van der Waals surface area contributed by atoms with Crippen LogP contribution in [-0.2, 0) is 0 Å². The summed E-state index contributed by atoms with van der Waals surface area (Å²) in [6, 6.07) is 22.8. The fourth-order valence-corrected chi connectivity index (χ4v) is 4.37. The lowest BCUT2D eigenvalue weighted by Gasteiger charge is -2.07. The summed E-state index contributed by atoms with van der Waals surface area (Å²) in [5.74, 6) is -0.377. The van der Waals surface area contributed by atoms with Crippen molar-refractivity contribution in [3.05, 3.63) is 89.5 Å². The first-order valence-corrected chi connectivity index (χ1v) is 10.2. The van der Waals surface area contributed by atoms with Crippen LogP contribution in [0, 0.1) is 12.3 Å². The molecule has 30 heavy (non-hydrogen) atoms. The maximum absolute atomic E-state index is 12.7. The third kappa shape index (κ3) is 3.38. The number of carbonyl (C=O) groups excluding carboxylic acids is 1. The largest absolute Gasteiger partial charge is 0.438 e. The number of aromatic nitrogens is 1. The maximum Gasteiger partial charge on any atom is 0.261 e. The number of rotatable bonds is 3. The first-order chi connectivity index (χ1) is 14.6. The Hall–Kier alpha value is -3.77. The molecule has 0 aliphatic heterocycles. The molecule has 0 fully saturated rings. The highest BCUT2D eigenvalue weighted by Gasteiger charge is 2.12. The van der Waals surface area contributed by atoms with Gasteiger partial charge in [-0.25, -0.2) is 4.98 Å². The Morgan fingerprint density at radius 1 is 1.03 bits per heavy atom. The molecule has 0 aliphatic rings. The maximum atomic E-state index is 12.7. The second-order valence-corrected chi connectivity index (χ2v) is 8.08. The summed E-state index contributed by atoms with van der Waals surface area (Å²) in [6.45, 7) is 2.07. The van der Waals surface area contributed by atoms with Gasteiger partial charge in [-0.05, 0) is 61.0 Å². The zero-order valence-electron chi connectivity index (χ0n) is 16.1. The molecule has 2 heterocycles. The number of anilines is 1. The van der Waals surface area contributed by atoms with Crippen LogP contribution < -0.4 is 10.9 Å². The predicted octanol–water partition coefficient (Wildman–Crippen LogP) is 5.75. The van der Waals surface area contributed by atoms with Gasteiger partial charge in [0.05, 0.1) is 10.2 Å². The van der Waals surface area contributed by atoms with Gasteiger partial charge < -0.3 is 9.73 Å². The number of carbonyl (C=O) groups is 1. The fourth-order valence-electron chi connectivity index (χ4n) is 3.30. The van der Waals surface area contributed by atoms with Crippen LogP contribution in [0.15, 0.2) is 77.2 Å². The minimum Gasteiger partial charge on any atom is -0.438 e. The third-order valence-electron chi connectivity index (χ3n) is 4.85. The molecule has 5 nitrogen and oxygen atoms in total. The van der Waals surface area contributed by atoms with E-state index in [1.165, 1.54) is 5.56 Å². The summed E-state index contributed by atoms with van der Waals surface area (Å²) in [5.41, 5.74) is 4.45. The Kier molecular flexibility index (Phi) is 4.41. The Bertz CT molecular complexity index is 1470. The Balaban J connectivity index is 1.40. The molecule has 0 saturated heterocycles. The topological polar surface area (TPSA) is 79.0 Å². The minimum atomic E-state index is -0.377. The fraction of sp³-hybridized carbons (Fsp3) is 0.0417. The number of thiazole rings is 1. The van der Waals surface area contributed by atoms with Crippen molar-refractivity contribution in [3.63, 3.8) is 0 Å². The molecule has 2 aromatic heterocycles. The molecule has 2 N–H and O–H groups in total. The van der Waals surface area contributed by atoms with Crippen LogP contribution in [0.25, 0.3) is 31.8 Å². The zero-order valence-corrected chi connectivity index (χ0v) is 16.9. The molecule has 6 heteroatoms. The average molecular weight is 411 g/mol. The summed E-state index contributed by atoms with van der Waals surface area (Å²) in [5, 5.41) is 12.6. The molecule has 0 bridgehead atoms. The van der Waals surface area contributed by atoms with Crippen molar-refractivity contribution >= 4 is 44.1 Å². The van der Waals surface area contributed by atoms with Crippen molar-refractivity contribution in [2.75, 3.05) is 5.32 Å². The smallest absolute Gasteiger partial charge is 0.261 e. The Morgan fingerprint density at radius 2 is 1.83 bits per heavy atom. The van der Waals surface area contributed by atoms with Gasteiger partial charge in [0, 0.05) is 16.6 Å². The van der Waals surface area contributed by atoms with Crippen LogP contribution in [0.1, 0.15) is 15.9 Å². The molecule has 146 valence electrons. The zero-order chi connectivity index (χ0) is 20.7. The lowest BCUT2D eigenvalue weighted by Crippen LogP contribution is -2.20. The van der Waals surface area contributed by atoms with E-state index in [1.54, 1.807) is 23.5 Å². The van der Waals surface area contributed by atoms with Crippen molar-refractivity contribution in [1.82, 2.24) is 4.98 Å². The first kappa shape index (κ1) is 18.3. The second-order valence-electron chi connectivity index (χ2n) is 7.05. The van der Waals surface area contributed by atoms with Crippen molar-refractivity contribution in [2.24, 2.45) is 0 Å². The molecular formula is C24H17N3O2S. The van der Waals surface area contributed by atoms with E-state index in [4.69, 9.17) is 14.8 Å². The number of hydrogen-bond donors (Lipinski definition) is 2. The molecular weight excluding hydrogens is 394 g/mol. The number of fused-ring (bicyclic) bond motifs is 2. The number of amides is 1. The monoisotopic (exact) mass is 411 g/mol. The molecule has 3 aromatic carbocycles. The van der Waals surface area contributed by atoms with Crippen LogP contribution >= 0.6 is 11.3 Å². The SMILES string of the molecule is Cc1ccc2nc(-c3ccc(NC(=O)c4cc5ccccc5oc4=N)cc3)sc2c1. The molecule has 0 spiro atoms. The molecule has 0 radical (unpaired) electrons. The van der Waals surface area contributed by atoms with E-state index < -0.39 is 0 Å². The van der Waals surface area contributed by atoms with Crippen LogP contribution in [0.2, 0.25) is 0 Å². The van der Waals surface area contributed by atoms with E-state index >= 15 is 0 Å².